The Hall–Kier alpha value is -1.59. The maximum atomic E-state index is 8.48. The van der Waals surface area contributed by atoms with Gasteiger partial charge < -0.3 is 0 Å². The van der Waals surface area contributed by atoms with Gasteiger partial charge in [0.1, 0.15) is 0 Å². The highest BCUT2D eigenvalue weighted by Crippen LogP contribution is 2.19. The highest BCUT2D eigenvalue weighted by molar-refractivity contribution is 5.15. The Morgan fingerprint density at radius 2 is 2.19 bits per heavy atom. The van der Waals surface area contributed by atoms with Crippen LogP contribution in [-0.4, -0.2) is 18.0 Å². The third-order valence-corrected chi connectivity index (χ3v) is 3.00. The number of nitriles is 1. The third kappa shape index (κ3) is 2.95. The summed E-state index contributed by atoms with van der Waals surface area (Å²) in [6.45, 7) is 3.24. The quantitative estimate of drug-likeness (QED) is 0.720. The minimum atomic E-state index is 0.559. The summed E-state index contributed by atoms with van der Waals surface area (Å²) < 4.78 is 0. The normalized spacial score (nSPS) is 21.3. The fourth-order valence-electron chi connectivity index (χ4n) is 2.18. The molecule has 1 aromatic carbocycles. The molecule has 0 radical (unpaired) electrons. The van der Waals surface area contributed by atoms with E-state index >= 15 is 0 Å². The lowest BCUT2D eigenvalue weighted by Gasteiger charge is -2.14. The van der Waals surface area contributed by atoms with E-state index in [4.69, 9.17) is 5.26 Å². The maximum Gasteiger partial charge on any atom is 0.0908 e. The Morgan fingerprint density at radius 3 is 2.94 bits per heavy atom. The van der Waals surface area contributed by atoms with Crippen molar-refractivity contribution in [1.82, 2.24) is 4.90 Å². The number of hydrogen-bond donors (Lipinski definition) is 0. The zero-order valence-corrected chi connectivity index (χ0v) is 9.34. The first-order valence-electron chi connectivity index (χ1n) is 5.71. The molecule has 0 spiro atoms. The zero-order valence-electron chi connectivity index (χ0n) is 9.34. The van der Waals surface area contributed by atoms with Gasteiger partial charge in [0.2, 0.25) is 0 Å². The molecular weight excluding hydrogens is 196 g/mol. The highest BCUT2D eigenvalue weighted by Gasteiger charge is 2.19. The van der Waals surface area contributed by atoms with Crippen LogP contribution in [-0.2, 0) is 6.54 Å². The van der Waals surface area contributed by atoms with Crippen molar-refractivity contribution in [3.63, 3.8) is 0 Å². The molecule has 2 nitrogen and oxygen atoms in total. The van der Waals surface area contributed by atoms with Crippen molar-refractivity contribution in [2.45, 2.75) is 13.0 Å². The highest BCUT2D eigenvalue weighted by atomic mass is 15.1. The largest absolute Gasteiger partial charge is 0.298 e. The van der Waals surface area contributed by atoms with Crippen LogP contribution >= 0.6 is 0 Å². The van der Waals surface area contributed by atoms with Gasteiger partial charge in [-0.3, -0.25) is 4.90 Å². The fourth-order valence-corrected chi connectivity index (χ4v) is 2.18. The third-order valence-electron chi connectivity index (χ3n) is 3.00. The SMILES string of the molecule is N#CC=CC1CCN(Cc2ccccc2)C1. The molecular formula is C14H16N2. The molecule has 0 aromatic heterocycles. The van der Waals surface area contributed by atoms with E-state index in [1.807, 2.05) is 12.1 Å². The molecule has 0 aliphatic carbocycles. The predicted molar refractivity (Wildman–Crippen MR) is 64.6 cm³/mol. The van der Waals surface area contributed by atoms with Crippen LogP contribution in [0.2, 0.25) is 0 Å². The van der Waals surface area contributed by atoms with Crippen molar-refractivity contribution in [3.8, 4) is 6.07 Å². The van der Waals surface area contributed by atoms with Gasteiger partial charge in [0, 0.05) is 19.2 Å². The first kappa shape index (κ1) is 10.9. The summed E-state index contributed by atoms with van der Waals surface area (Å²) in [4.78, 5) is 2.45. The minimum Gasteiger partial charge on any atom is -0.298 e. The van der Waals surface area contributed by atoms with Gasteiger partial charge in [0.25, 0.3) is 0 Å². The van der Waals surface area contributed by atoms with Crippen LogP contribution in [0, 0.1) is 17.2 Å². The molecule has 0 amide bonds. The van der Waals surface area contributed by atoms with Crippen molar-refractivity contribution < 1.29 is 0 Å². The van der Waals surface area contributed by atoms with Crippen LogP contribution in [0.5, 0.6) is 0 Å². The molecule has 0 N–H and O–H groups in total. The Morgan fingerprint density at radius 1 is 1.38 bits per heavy atom. The van der Waals surface area contributed by atoms with E-state index in [0.717, 1.165) is 19.6 Å². The Kier molecular flexibility index (Phi) is 3.74. The summed E-state index contributed by atoms with van der Waals surface area (Å²) in [5.74, 6) is 0.559. The van der Waals surface area contributed by atoms with Crippen molar-refractivity contribution in [2.24, 2.45) is 5.92 Å². The van der Waals surface area contributed by atoms with Gasteiger partial charge in [-0.25, -0.2) is 0 Å². The van der Waals surface area contributed by atoms with Gasteiger partial charge >= 0.3 is 0 Å². The number of rotatable bonds is 3. The van der Waals surface area contributed by atoms with Gasteiger partial charge in [-0.2, -0.15) is 5.26 Å². The van der Waals surface area contributed by atoms with E-state index in [2.05, 4.69) is 35.2 Å². The standard InChI is InChI=1S/C14H16N2/c15-9-4-7-14-8-10-16(12-14)11-13-5-2-1-3-6-13/h1-7,14H,8,10-12H2. The van der Waals surface area contributed by atoms with Crippen molar-refractivity contribution >= 4 is 0 Å². The van der Waals surface area contributed by atoms with Crippen molar-refractivity contribution in [2.75, 3.05) is 13.1 Å². The molecule has 2 rings (SSSR count). The molecule has 1 aliphatic rings. The molecule has 1 aliphatic heterocycles. The van der Waals surface area contributed by atoms with Crippen molar-refractivity contribution in [1.29, 1.82) is 5.26 Å². The number of hydrogen-bond acceptors (Lipinski definition) is 2. The Bertz CT molecular complexity index is 389. The van der Waals surface area contributed by atoms with E-state index in [0.29, 0.717) is 5.92 Å². The summed E-state index contributed by atoms with van der Waals surface area (Å²) in [6.07, 6.45) is 4.81. The lowest BCUT2D eigenvalue weighted by atomic mass is 10.1. The average Bonchev–Trinajstić information content (AvgIpc) is 2.75. The van der Waals surface area contributed by atoms with Gasteiger partial charge in [-0.15, -0.1) is 0 Å². The van der Waals surface area contributed by atoms with Gasteiger partial charge in [-0.05, 0) is 24.4 Å². The summed E-state index contributed by atoms with van der Waals surface area (Å²) in [6, 6.07) is 12.6. The first-order chi connectivity index (χ1) is 7.88. The van der Waals surface area contributed by atoms with Crippen molar-refractivity contribution in [3.05, 3.63) is 48.0 Å². The summed E-state index contributed by atoms with van der Waals surface area (Å²) >= 11 is 0. The predicted octanol–water partition coefficient (Wildman–Crippen LogP) is 2.59. The minimum absolute atomic E-state index is 0.559. The molecule has 1 fully saturated rings. The van der Waals surface area contributed by atoms with Crippen LogP contribution in [0.4, 0.5) is 0 Å². The van der Waals surface area contributed by atoms with Crippen LogP contribution < -0.4 is 0 Å². The average molecular weight is 212 g/mol. The van der Waals surface area contributed by atoms with Crippen LogP contribution in [0.3, 0.4) is 0 Å². The number of nitrogens with zero attached hydrogens (tertiary/aromatic N) is 2. The van der Waals surface area contributed by atoms with E-state index in [1.54, 1.807) is 6.08 Å². The molecule has 1 aromatic rings. The second-order valence-electron chi connectivity index (χ2n) is 4.26. The summed E-state index contributed by atoms with van der Waals surface area (Å²) in [7, 11) is 0. The lowest BCUT2D eigenvalue weighted by molar-refractivity contribution is 0.324. The molecule has 1 saturated heterocycles. The first-order valence-corrected chi connectivity index (χ1v) is 5.71. The molecule has 2 heteroatoms. The second kappa shape index (κ2) is 5.48. The van der Waals surface area contributed by atoms with Crippen LogP contribution in [0.1, 0.15) is 12.0 Å². The van der Waals surface area contributed by atoms with Crippen LogP contribution in [0.15, 0.2) is 42.5 Å². The fraction of sp³-hybridized carbons (Fsp3) is 0.357. The van der Waals surface area contributed by atoms with Gasteiger partial charge in [0.05, 0.1) is 6.07 Å². The zero-order chi connectivity index (χ0) is 11.2. The van der Waals surface area contributed by atoms with E-state index in [9.17, 15) is 0 Å². The Balaban J connectivity index is 1.86. The summed E-state index contributed by atoms with van der Waals surface area (Å²) in [5.41, 5.74) is 1.37. The van der Waals surface area contributed by atoms with Crippen LogP contribution in [0.25, 0.3) is 0 Å². The van der Waals surface area contributed by atoms with Gasteiger partial charge in [-0.1, -0.05) is 36.4 Å². The van der Waals surface area contributed by atoms with E-state index in [-0.39, 0.29) is 0 Å². The van der Waals surface area contributed by atoms with E-state index in [1.165, 1.54) is 12.0 Å². The molecule has 1 unspecified atom stereocenters. The molecule has 16 heavy (non-hydrogen) atoms. The Labute approximate surface area is 96.8 Å². The summed E-state index contributed by atoms with van der Waals surface area (Å²) in [5, 5.41) is 8.48. The monoisotopic (exact) mass is 212 g/mol. The second-order valence-corrected chi connectivity index (χ2v) is 4.26. The van der Waals surface area contributed by atoms with Gasteiger partial charge in [0.15, 0.2) is 0 Å². The smallest absolute Gasteiger partial charge is 0.0908 e. The molecule has 1 atom stereocenters. The molecule has 82 valence electrons. The molecule has 0 bridgehead atoms. The number of allylic oxidation sites excluding steroid dienone is 1. The number of benzene rings is 1. The lowest BCUT2D eigenvalue weighted by Crippen LogP contribution is -2.19. The molecule has 0 saturated carbocycles. The van der Waals surface area contributed by atoms with E-state index < -0.39 is 0 Å². The number of likely N-dealkylation sites (tertiary alicyclic amines) is 1. The topological polar surface area (TPSA) is 27.0 Å². The maximum absolute atomic E-state index is 8.48. The molecule has 1 heterocycles.